The maximum Gasteiger partial charge on any atom is 0.323 e. The van der Waals surface area contributed by atoms with Crippen LogP contribution < -0.4 is 4.74 Å². The number of phenolic OH excluding ortho intramolecular Hbond substituents is 2. The Bertz CT molecular complexity index is 1150. The lowest BCUT2D eigenvalue weighted by Gasteiger charge is -2.19. The van der Waals surface area contributed by atoms with E-state index in [9.17, 15) is 19.8 Å². The molecular weight excluding hydrogens is 344 g/mol. The Labute approximate surface area is 154 Å². The minimum Gasteiger partial charge on any atom is -0.508 e. The number of hydrogen-bond donors (Lipinski definition) is 2. The quantitative estimate of drug-likeness (QED) is 0.414. The summed E-state index contributed by atoms with van der Waals surface area (Å²) in [5, 5.41) is 20.7. The van der Waals surface area contributed by atoms with Gasteiger partial charge in [-0.05, 0) is 64.4 Å². The number of ether oxygens (including phenoxy) is 1. The molecule has 1 aliphatic carbocycles. The van der Waals surface area contributed by atoms with Crippen LogP contribution in [0.3, 0.4) is 0 Å². The molecule has 0 amide bonds. The Kier molecular flexibility index (Phi) is 3.99. The minimum absolute atomic E-state index is 0.0758. The smallest absolute Gasteiger partial charge is 0.323 e. The van der Waals surface area contributed by atoms with Crippen molar-refractivity contribution in [1.29, 1.82) is 0 Å². The number of rotatable bonds is 2. The topological polar surface area (TPSA) is 83.8 Å². The van der Waals surface area contributed by atoms with Crippen LogP contribution in [0, 0.1) is 5.92 Å². The third kappa shape index (κ3) is 3.08. The number of phenols is 2. The van der Waals surface area contributed by atoms with Crippen LogP contribution in [0.25, 0.3) is 22.4 Å². The van der Waals surface area contributed by atoms with Crippen LogP contribution >= 0.6 is 0 Å². The van der Waals surface area contributed by atoms with Crippen LogP contribution in [0.5, 0.6) is 17.2 Å². The first kappa shape index (κ1) is 16.6. The standard InChI is InChI=1S/C22H14O5/c23-12-21-19-8-5-17(25)10-15(19)3-7-20(21)22(26)27-18-6-2-13-9-16(24)4-1-14(13)11-18/h1-11,20,24-25H. The molecule has 2 N–H and O–H groups in total. The van der Waals surface area contributed by atoms with Crippen LogP contribution in [0.4, 0.5) is 0 Å². The lowest BCUT2D eigenvalue weighted by atomic mass is 9.85. The molecule has 3 aromatic rings. The molecule has 5 nitrogen and oxygen atoms in total. The van der Waals surface area contributed by atoms with Crippen molar-refractivity contribution >= 4 is 34.3 Å². The van der Waals surface area contributed by atoms with Gasteiger partial charge in [-0.1, -0.05) is 24.3 Å². The van der Waals surface area contributed by atoms with Gasteiger partial charge in [0.15, 0.2) is 0 Å². The molecule has 0 aliphatic heterocycles. The van der Waals surface area contributed by atoms with Crippen molar-refractivity contribution in [2.24, 2.45) is 5.92 Å². The van der Waals surface area contributed by atoms with Crippen molar-refractivity contribution in [3.05, 3.63) is 71.8 Å². The summed E-state index contributed by atoms with van der Waals surface area (Å²) >= 11 is 0. The molecule has 5 heteroatoms. The summed E-state index contributed by atoms with van der Waals surface area (Å²) in [6, 6.07) is 14.5. The van der Waals surface area contributed by atoms with Crippen LogP contribution in [0.15, 0.2) is 60.7 Å². The monoisotopic (exact) mass is 358 g/mol. The molecule has 0 bridgehead atoms. The van der Waals surface area contributed by atoms with Gasteiger partial charge in [-0.25, -0.2) is 4.79 Å². The highest BCUT2D eigenvalue weighted by molar-refractivity contribution is 6.05. The number of carbonyl (C=O) groups excluding carboxylic acids is 2. The number of benzene rings is 3. The van der Waals surface area contributed by atoms with E-state index in [4.69, 9.17) is 4.74 Å². The zero-order valence-corrected chi connectivity index (χ0v) is 14.0. The maximum absolute atomic E-state index is 12.6. The summed E-state index contributed by atoms with van der Waals surface area (Å²) in [7, 11) is 0. The fourth-order valence-corrected chi connectivity index (χ4v) is 3.17. The second-order valence-electron chi connectivity index (χ2n) is 6.24. The van der Waals surface area contributed by atoms with Crippen molar-refractivity contribution < 1.29 is 24.5 Å². The van der Waals surface area contributed by atoms with E-state index in [-0.39, 0.29) is 17.1 Å². The zero-order chi connectivity index (χ0) is 19.0. The average Bonchev–Trinajstić information content (AvgIpc) is 2.66. The summed E-state index contributed by atoms with van der Waals surface area (Å²) in [5.74, 6) is 0.936. The number of carbonyl (C=O) groups is 1. The minimum atomic E-state index is -0.880. The Balaban J connectivity index is 1.63. The van der Waals surface area contributed by atoms with Crippen LogP contribution in [0.2, 0.25) is 0 Å². The molecule has 0 fully saturated rings. The van der Waals surface area contributed by atoms with Gasteiger partial charge < -0.3 is 14.9 Å². The summed E-state index contributed by atoms with van der Waals surface area (Å²) in [5.41, 5.74) is 1.35. The zero-order valence-electron chi connectivity index (χ0n) is 14.0. The molecule has 0 saturated heterocycles. The molecule has 0 heterocycles. The number of esters is 1. The molecule has 4 rings (SSSR count). The third-order valence-electron chi connectivity index (χ3n) is 4.48. The predicted molar refractivity (Wildman–Crippen MR) is 101 cm³/mol. The average molecular weight is 358 g/mol. The number of fused-ring (bicyclic) bond motifs is 2. The molecule has 0 aromatic heterocycles. The Morgan fingerprint density at radius 1 is 0.926 bits per heavy atom. The van der Waals surface area contributed by atoms with Crippen molar-refractivity contribution in [3.63, 3.8) is 0 Å². The van der Waals surface area contributed by atoms with Gasteiger partial charge in [0.1, 0.15) is 29.1 Å². The largest absolute Gasteiger partial charge is 0.508 e. The summed E-state index contributed by atoms with van der Waals surface area (Å²) in [6.07, 6.45) is 3.23. The van der Waals surface area contributed by atoms with Gasteiger partial charge in [0, 0.05) is 0 Å². The Morgan fingerprint density at radius 2 is 1.63 bits per heavy atom. The molecule has 132 valence electrons. The van der Waals surface area contributed by atoms with E-state index >= 15 is 0 Å². The number of aromatic hydroxyl groups is 2. The van der Waals surface area contributed by atoms with Gasteiger partial charge in [-0.3, -0.25) is 4.79 Å². The summed E-state index contributed by atoms with van der Waals surface area (Å²) in [4.78, 5) is 24.1. The highest BCUT2D eigenvalue weighted by Gasteiger charge is 2.29. The van der Waals surface area contributed by atoms with Gasteiger partial charge in [0.2, 0.25) is 0 Å². The lowest BCUT2D eigenvalue weighted by molar-refractivity contribution is -0.135. The molecule has 1 aliphatic rings. The van der Waals surface area contributed by atoms with Crippen molar-refractivity contribution in [2.75, 3.05) is 0 Å². The molecule has 27 heavy (non-hydrogen) atoms. The molecule has 0 saturated carbocycles. The summed E-state index contributed by atoms with van der Waals surface area (Å²) < 4.78 is 5.46. The van der Waals surface area contributed by atoms with Gasteiger partial charge >= 0.3 is 5.97 Å². The second-order valence-corrected chi connectivity index (χ2v) is 6.24. The van der Waals surface area contributed by atoms with E-state index in [1.165, 1.54) is 12.1 Å². The predicted octanol–water partition coefficient (Wildman–Crippen LogP) is 3.71. The maximum atomic E-state index is 12.6. The lowest BCUT2D eigenvalue weighted by Crippen LogP contribution is -2.22. The first-order valence-electron chi connectivity index (χ1n) is 8.26. The van der Waals surface area contributed by atoms with E-state index in [0.717, 1.165) is 10.8 Å². The molecule has 0 spiro atoms. The SMILES string of the molecule is O=C=C1c2ccc(O)cc2C=CC1C(=O)Oc1ccc2cc(O)ccc2c1. The third-order valence-corrected chi connectivity index (χ3v) is 4.48. The van der Waals surface area contributed by atoms with E-state index in [1.54, 1.807) is 54.6 Å². The second kappa shape index (κ2) is 6.48. The van der Waals surface area contributed by atoms with E-state index < -0.39 is 11.9 Å². The van der Waals surface area contributed by atoms with Crippen molar-refractivity contribution in [1.82, 2.24) is 0 Å². The van der Waals surface area contributed by atoms with Gasteiger partial charge in [0.05, 0.1) is 5.57 Å². The van der Waals surface area contributed by atoms with Crippen LogP contribution in [0.1, 0.15) is 11.1 Å². The molecule has 1 unspecified atom stereocenters. The summed E-state index contributed by atoms with van der Waals surface area (Å²) in [6.45, 7) is 0. The highest BCUT2D eigenvalue weighted by atomic mass is 16.5. The molecular formula is C22H14O5. The first-order valence-corrected chi connectivity index (χ1v) is 8.26. The van der Waals surface area contributed by atoms with E-state index in [2.05, 4.69) is 0 Å². The number of hydrogen-bond acceptors (Lipinski definition) is 5. The molecule has 3 aromatic carbocycles. The van der Waals surface area contributed by atoms with Gasteiger partial charge in [-0.2, -0.15) is 0 Å². The molecule has 0 radical (unpaired) electrons. The molecule has 1 atom stereocenters. The van der Waals surface area contributed by atoms with Crippen molar-refractivity contribution in [3.8, 4) is 17.2 Å². The van der Waals surface area contributed by atoms with Crippen LogP contribution in [-0.2, 0) is 9.59 Å². The van der Waals surface area contributed by atoms with Gasteiger partial charge in [0.25, 0.3) is 0 Å². The highest BCUT2D eigenvalue weighted by Crippen LogP contribution is 2.34. The van der Waals surface area contributed by atoms with E-state index in [1.807, 2.05) is 5.94 Å². The van der Waals surface area contributed by atoms with E-state index in [0.29, 0.717) is 16.9 Å². The van der Waals surface area contributed by atoms with Crippen molar-refractivity contribution in [2.45, 2.75) is 0 Å². The van der Waals surface area contributed by atoms with Crippen LogP contribution in [-0.4, -0.2) is 22.1 Å². The Hall–Kier alpha value is -3.82. The normalized spacial score (nSPS) is 15.3. The van der Waals surface area contributed by atoms with Gasteiger partial charge in [-0.15, -0.1) is 0 Å². The Morgan fingerprint density at radius 3 is 2.44 bits per heavy atom. The fraction of sp³-hybridized carbons (Fsp3) is 0.0455. The fourth-order valence-electron chi connectivity index (χ4n) is 3.17. The first-order chi connectivity index (χ1) is 13.0.